The molecule has 0 spiro atoms. The molecular formula is C26H54O8Si2. The zero-order chi connectivity index (χ0) is 26.7. The molecule has 0 saturated heterocycles. The standard InChI is InChI=1S/C26H54O8Si2/c1-5-29-25(30-6-2)35-21-15-11-9-13-19-33-23(27)17-18-24(28)34-20-14-10-12-16-22-36-26(31-7-3)32-8-4/h25-26H,5-22,35-36H2,1-4H3. The maximum atomic E-state index is 11.8. The molecule has 0 heterocycles. The van der Waals surface area contributed by atoms with Crippen molar-refractivity contribution in [2.45, 2.75) is 116 Å². The van der Waals surface area contributed by atoms with E-state index < -0.39 is 0 Å². The van der Waals surface area contributed by atoms with Gasteiger partial charge in [-0.3, -0.25) is 9.59 Å². The Bertz CT molecular complexity index is 454. The first-order chi connectivity index (χ1) is 17.6. The van der Waals surface area contributed by atoms with Gasteiger partial charge in [0.15, 0.2) is 0 Å². The van der Waals surface area contributed by atoms with Gasteiger partial charge in [0.05, 0.1) is 45.1 Å². The average Bonchev–Trinajstić information content (AvgIpc) is 2.86. The first-order valence-corrected chi connectivity index (χ1v) is 18.0. The Morgan fingerprint density at radius 1 is 0.528 bits per heavy atom. The highest BCUT2D eigenvalue weighted by molar-refractivity contribution is 6.36. The van der Waals surface area contributed by atoms with E-state index in [2.05, 4.69) is 0 Å². The Hall–Kier alpha value is -0.786. The predicted octanol–water partition coefficient (Wildman–Crippen LogP) is 3.86. The van der Waals surface area contributed by atoms with Crippen molar-refractivity contribution >= 4 is 31.0 Å². The second-order valence-corrected chi connectivity index (χ2v) is 12.6. The quantitative estimate of drug-likeness (QED) is 0.0659. The zero-order valence-corrected chi connectivity index (χ0v) is 26.4. The molecule has 8 nitrogen and oxygen atoms in total. The molecule has 214 valence electrons. The highest BCUT2D eigenvalue weighted by Crippen LogP contribution is 2.08. The molecule has 0 rings (SSSR count). The highest BCUT2D eigenvalue weighted by atomic mass is 28.2. The molecule has 0 atom stereocenters. The lowest BCUT2D eigenvalue weighted by Gasteiger charge is -2.16. The molecule has 0 unspecified atom stereocenters. The Morgan fingerprint density at radius 2 is 0.861 bits per heavy atom. The molecule has 0 radical (unpaired) electrons. The van der Waals surface area contributed by atoms with Crippen LogP contribution in [0.3, 0.4) is 0 Å². The SMILES string of the molecule is CCOC(OCC)[SiH2]CCCCCCOC(=O)CCC(=O)OCCCCCC[SiH2]C(OCC)OCC. The number of carbonyl (C=O) groups excluding carboxylic acids is 2. The average molecular weight is 551 g/mol. The van der Waals surface area contributed by atoms with Crippen molar-refractivity contribution in [1.82, 2.24) is 0 Å². The van der Waals surface area contributed by atoms with Crippen LogP contribution in [0.2, 0.25) is 12.1 Å². The maximum Gasteiger partial charge on any atom is 0.306 e. The summed E-state index contributed by atoms with van der Waals surface area (Å²) in [5.74, 6) is -0.552. The predicted molar refractivity (Wildman–Crippen MR) is 149 cm³/mol. The van der Waals surface area contributed by atoms with E-state index >= 15 is 0 Å². The molecule has 0 aromatic rings. The summed E-state index contributed by atoms with van der Waals surface area (Å²) >= 11 is 0. The number of esters is 2. The third-order valence-corrected chi connectivity index (χ3v) is 9.34. The van der Waals surface area contributed by atoms with Crippen molar-refractivity contribution in [3.8, 4) is 0 Å². The summed E-state index contributed by atoms with van der Waals surface area (Å²) < 4.78 is 32.9. The van der Waals surface area contributed by atoms with Gasteiger partial charge in [0.1, 0.15) is 11.8 Å². The summed E-state index contributed by atoms with van der Waals surface area (Å²) in [4.78, 5) is 23.6. The van der Waals surface area contributed by atoms with E-state index in [-0.39, 0.29) is 55.6 Å². The van der Waals surface area contributed by atoms with Crippen molar-refractivity contribution in [2.75, 3.05) is 39.6 Å². The molecule has 0 aliphatic carbocycles. The van der Waals surface area contributed by atoms with E-state index in [1.807, 2.05) is 27.7 Å². The molecule has 0 aromatic carbocycles. The van der Waals surface area contributed by atoms with Gasteiger partial charge in [0, 0.05) is 26.4 Å². The van der Waals surface area contributed by atoms with Gasteiger partial charge in [-0.25, -0.2) is 0 Å². The van der Waals surface area contributed by atoms with Crippen molar-refractivity contribution in [1.29, 1.82) is 0 Å². The molecule has 0 bridgehead atoms. The fourth-order valence-corrected chi connectivity index (χ4v) is 7.34. The number of carbonyl (C=O) groups is 2. The molecule has 0 fully saturated rings. The largest absolute Gasteiger partial charge is 0.466 e. The van der Waals surface area contributed by atoms with Gasteiger partial charge in [-0.15, -0.1) is 0 Å². The van der Waals surface area contributed by atoms with Gasteiger partial charge in [-0.05, 0) is 40.5 Å². The maximum absolute atomic E-state index is 11.8. The number of unbranched alkanes of at least 4 members (excludes halogenated alkanes) is 6. The van der Waals surface area contributed by atoms with Crippen molar-refractivity contribution in [2.24, 2.45) is 0 Å². The third-order valence-electron chi connectivity index (χ3n) is 5.64. The molecule has 0 amide bonds. The monoisotopic (exact) mass is 550 g/mol. The van der Waals surface area contributed by atoms with Gasteiger partial charge in [0.25, 0.3) is 0 Å². The molecule has 0 aliphatic heterocycles. The second-order valence-electron chi connectivity index (χ2n) is 8.73. The van der Waals surface area contributed by atoms with Crippen LogP contribution in [-0.4, -0.2) is 82.4 Å². The summed E-state index contributed by atoms with van der Waals surface area (Å²) in [6, 6.07) is 2.41. The van der Waals surface area contributed by atoms with Crippen LogP contribution in [0.5, 0.6) is 0 Å². The lowest BCUT2D eigenvalue weighted by atomic mass is 10.2. The Morgan fingerprint density at radius 3 is 1.19 bits per heavy atom. The van der Waals surface area contributed by atoms with Crippen LogP contribution in [0.15, 0.2) is 0 Å². The summed E-state index contributed by atoms with van der Waals surface area (Å²) in [5.41, 5.74) is 0. The van der Waals surface area contributed by atoms with Crippen LogP contribution in [0.1, 0.15) is 91.9 Å². The van der Waals surface area contributed by atoms with Crippen molar-refractivity contribution < 1.29 is 38.0 Å². The van der Waals surface area contributed by atoms with Crippen LogP contribution in [0.4, 0.5) is 0 Å². The van der Waals surface area contributed by atoms with E-state index in [1.165, 1.54) is 24.9 Å². The molecule has 36 heavy (non-hydrogen) atoms. The van der Waals surface area contributed by atoms with Crippen LogP contribution >= 0.6 is 0 Å². The van der Waals surface area contributed by atoms with Gasteiger partial charge in [-0.1, -0.05) is 50.6 Å². The molecule has 10 heteroatoms. The van der Waals surface area contributed by atoms with Gasteiger partial charge in [-0.2, -0.15) is 0 Å². The van der Waals surface area contributed by atoms with Crippen molar-refractivity contribution in [3.63, 3.8) is 0 Å². The normalized spacial score (nSPS) is 12.1. The first kappa shape index (κ1) is 35.2. The van der Waals surface area contributed by atoms with Crippen LogP contribution in [-0.2, 0) is 38.0 Å². The Balaban J connectivity index is 3.52. The molecule has 0 N–H and O–H groups in total. The Labute approximate surface area is 224 Å². The fraction of sp³-hybridized carbons (Fsp3) is 0.923. The van der Waals surface area contributed by atoms with Crippen LogP contribution in [0, 0.1) is 0 Å². The summed E-state index contributed by atoms with van der Waals surface area (Å²) in [5, 5.41) is 0. The minimum Gasteiger partial charge on any atom is -0.466 e. The first-order valence-electron chi connectivity index (χ1n) is 14.3. The van der Waals surface area contributed by atoms with E-state index in [4.69, 9.17) is 28.4 Å². The van der Waals surface area contributed by atoms with Gasteiger partial charge < -0.3 is 28.4 Å². The smallest absolute Gasteiger partial charge is 0.306 e. The number of rotatable bonds is 27. The number of ether oxygens (including phenoxy) is 6. The molecule has 0 saturated carbocycles. The highest BCUT2D eigenvalue weighted by Gasteiger charge is 2.10. The second kappa shape index (κ2) is 27.3. The Kier molecular flexibility index (Phi) is 26.7. The zero-order valence-electron chi connectivity index (χ0n) is 23.6. The summed E-state index contributed by atoms with van der Waals surface area (Å²) in [6.45, 7) is 11.7. The molecule has 0 aromatic heterocycles. The van der Waals surface area contributed by atoms with E-state index in [0.29, 0.717) is 39.6 Å². The summed E-state index contributed by atoms with van der Waals surface area (Å²) in [7, 11) is -0.729. The van der Waals surface area contributed by atoms with E-state index in [0.717, 1.165) is 38.5 Å². The number of hydrogen-bond donors (Lipinski definition) is 0. The topological polar surface area (TPSA) is 89.5 Å². The molecular weight excluding hydrogens is 496 g/mol. The van der Waals surface area contributed by atoms with Gasteiger partial charge >= 0.3 is 11.9 Å². The van der Waals surface area contributed by atoms with Crippen LogP contribution in [0.25, 0.3) is 0 Å². The lowest BCUT2D eigenvalue weighted by molar-refractivity contribution is -0.150. The number of hydrogen-bond acceptors (Lipinski definition) is 8. The third kappa shape index (κ3) is 23.6. The lowest BCUT2D eigenvalue weighted by Crippen LogP contribution is -2.24. The minimum absolute atomic E-state index is 0.0458. The molecule has 0 aliphatic rings. The minimum atomic E-state index is -0.364. The van der Waals surface area contributed by atoms with E-state index in [1.54, 1.807) is 0 Å². The van der Waals surface area contributed by atoms with Crippen molar-refractivity contribution in [3.05, 3.63) is 0 Å². The summed E-state index contributed by atoms with van der Waals surface area (Å²) in [6.07, 6.45) is 8.59. The van der Waals surface area contributed by atoms with E-state index in [9.17, 15) is 9.59 Å². The van der Waals surface area contributed by atoms with Crippen LogP contribution < -0.4 is 0 Å². The van der Waals surface area contributed by atoms with Gasteiger partial charge in [0.2, 0.25) is 0 Å². The fourth-order valence-electron chi connectivity index (χ4n) is 3.78.